The summed E-state index contributed by atoms with van der Waals surface area (Å²) in [6, 6.07) is 5.10. The summed E-state index contributed by atoms with van der Waals surface area (Å²) in [7, 11) is 1.53. The van der Waals surface area contributed by atoms with Crippen molar-refractivity contribution in [3.05, 3.63) is 18.2 Å². The van der Waals surface area contributed by atoms with E-state index in [1.165, 1.54) is 7.11 Å². The van der Waals surface area contributed by atoms with Crippen molar-refractivity contribution < 1.29 is 14.3 Å². The maximum Gasteiger partial charge on any atom is 0.226 e. The van der Waals surface area contributed by atoms with Crippen LogP contribution in [0, 0.1) is 0 Å². The van der Waals surface area contributed by atoms with Crippen molar-refractivity contribution in [1.29, 1.82) is 0 Å². The first-order chi connectivity index (χ1) is 8.52. The highest BCUT2D eigenvalue weighted by Gasteiger charge is 2.08. The van der Waals surface area contributed by atoms with Crippen LogP contribution in [-0.2, 0) is 9.53 Å². The normalized spacial score (nSPS) is 10.4. The molecule has 5 nitrogen and oxygen atoms in total. The molecule has 5 heteroatoms. The second-order valence-electron chi connectivity index (χ2n) is 4.18. The Balaban J connectivity index is 2.53. The standard InChI is InChI=1S/C13H20N2O3/c1-9(2)18-7-6-13(16)15-11-5-4-10(14)8-12(11)17-3/h4-5,8-9H,6-7,14H2,1-3H3,(H,15,16). The van der Waals surface area contributed by atoms with Crippen molar-refractivity contribution in [3.63, 3.8) is 0 Å². The van der Waals surface area contributed by atoms with Crippen LogP contribution in [0.4, 0.5) is 11.4 Å². The quantitative estimate of drug-likeness (QED) is 0.760. The van der Waals surface area contributed by atoms with Gasteiger partial charge in [0.2, 0.25) is 5.91 Å². The number of rotatable bonds is 6. The lowest BCUT2D eigenvalue weighted by molar-refractivity contribution is -0.117. The van der Waals surface area contributed by atoms with E-state index >= 15 is 0 Å². The van der Waals surface area contributed by atoms with Gasteiger partial charge in [-0.3, -0.25) is 4.79 Å². The van der Waals surface area contributed by atoms with E-state index in [1.54, 1.807) is 18.2 Å². The molecule has 0 saturated heterocycles. The minimum absolute atomic E-state index is 0.112. The van der Waals surface area contributed by atoms with E-state index in [4.69, 9.17) is 15.2 Å². The molecule has 0 fully saturated rings. The lowest BCUT2D eigenvalue weighted by Gasteiger charge is -2.11. The molecule has 0 aromatic heterocycles. The summed E-state index contributed by atoms with van der Waals surface area (Å²) in [5.41, 5.74) is 6.84. The summed E-state index contributed by atoms with van der Waals surface area (Å²) in [6.07, 6.45) is 0.440. The third kappa shape index (κ3) is 4.63. The van der Waals surface area contributed by atoms with Crippen molar-refractivity contribution in [2.45, 2.75) is 26.4 Å². The van der Waals surface area contributed by atoms with Gasteiger partial charge in [-0.15, -0.1) is 0 Å². The largest absolute Gasteiger partial charge is 0.494 e. The van der Waals surface area contributed by atoms with Gasteiger partial charge < -0.3 is 20.5 Å². The Bertz CT molecular complexity index is 405. The fourth-order valence-corrected chi connectivity index (χ4v) is 1.41. The van der Waals surface area contributed by atoms with Gasteiger partial charge in [0.15, 0.2) is 0 Å². The number of anilines is 2. The van der Waals surface area contributed by atoms with Gasteiger partial charge in [0.05, 0.1) is 31.9 Å². The third-order valence-corrected chi connectivity index (χ3v) is 2.28. The molecule has 18 heavy (non-hydrogen) atoms. The number of benzene rings is 1. The average molecular weight is 252 g/mol. The number of hydrogen-bond donors (Lipinski definition) is 2. The highest BCUT2D eigenvalue weighted by Crippen LogP contribution is 2.26. The van der Waals surface area contributed by atoms with E-state index in [-0.39, 0.29) is 12.0 Å². The Kier molecular flexibility index (Phi) is 5.45. The van der Waals surface area contributed by atoms with Crippen LogP contribution in [0.5, 0.6) is 5.75 Å². The zero-order chi connectivity index (χ0) is 13.5. The summed E-state index contributed by atoms with van der Waals surface area (Å²) < 4.78 is 10.5. The zero-order valence-corrected chi connectivity index (χ0v) is 11.0. The molecule has 0 saturated carbocycles. The molecule has 1 rings (SSSR count). The van der Waals surface area contributed by atoms with E-state index in [9.17, 15) is 4.79 Å². The molecule has 1 amide bonds. The summed E-state index contributed by atoms with van der Waals surface area (Å²) in [5.74, 6) is 0.437. The average Bonchev–Trinajstić information content (AvgIpc) is 2.31. The number of methoxy groups -OCH3 is 1. The molecule has 0 heterocycles. The number of hydrogen-bond acceptors (Lipinski definition) is 4. The lowest BCUT2D eigenvalue weighted by Crippen LogP contribution is -2.16. The molecule has 3 N–H and O–H groups in total. The maximum atomic E-state index is 11.7. The summed E-state index contributed by atoms with van der Waals surface area (Å²) in [4.78, 5) is 11.7. The smallest absolute Gasteiger partial charge is 0.226 e. The van der Waals surface area contributed by atoms with Gasteiger partial charge in [-0.2, -0.15) is 0 Å². The van der Waals surface area contributed by atoms with Gasteiger partial charge in [-0.25, -0.2) is 0 Å². The Morgan fingerprint density at radius 2 is 2.17 bits per heavy atom. The molecule has 0 aliphatic rings. The first kappa shape index (κ1) is 14.3. The van der Waals surface area contributed by atoms with Gasteiger partial charge in [0, 0.05) is 11.8 Å². The van der Waals surface area contributed by atoms with Crippen molar-refractivity contribution in [2.24, 2.45) is 0 Å². The molecular formula is C13H20N2O3. The van der Waals surface area contributed by atoms with Gasteiger partial charge >= 0.3 is 0 Å². The molecule has 0 radical (unpaired) electrons. The predicted molar refractivity (Wildman–Crippen MR) is 71.7 cm³/mol. The van der Waals surface area contributed by atoms with Gasteiger partial charge in [0.25, 0.3) is 0 Å². The van der Waals surface area contributed by atoms with Crippen molar-refractivity contribution >= 4 is 17.3 Å². The first-order valence-corrected chi connectivity index (χ1v) is 5.88. The molecular weight excluding hydrogens is 232 g/mol. The van der Waals surface area contributed by atoms with Crippen LogP contribution >= 0.6 is 0 Å². The molecule has 0 unspecified atom stereocenters. The van der Waals surface area contributed by atoms with Gasteiger partial charge in [0.1, 0.15) is 5.75 Å². The summed E-state index contributed by atoms with van der Waals surface area (Å²) in [5, 5.41) is 2.76. The van der Waals surface area contributed by atoms with Gasteiger partial charge in [-0.05, 0) is 26.0 Å². The molecule has 100 valence electrons. The Morgan fingerprint density at radius 1 is 1.44 bits per heavy atom. The SMILES string of the molecule is COc1cc(N)ccc1NC(=O)CCOC(C)C. The Hall–Kier alpha value is -1.75. The fourth-order valence-electron chi connectivity index (χ4n) is 1.41. The van der Waals surface area contributed by atoms with E-state index in [0.717, 1.165) is 0 Å². The lowest BCUT2D eigenvalue weighted by atomic mass is 10.2. The van der Waals surface area contributed by atoms with Crippen molar-refractivity contribution in [2.75, 3.05) is 24.8 Å². The number of ether oxygens (including phenoxy) is 2. The molecule has 0 spiro atoms. The molecule has 1 aromatic carbocycles. The van der Waals surface area contributed by atoms with Crippen molar-refractivity contribution in [1.82, 2.24) is 0 Å². The number of amides is 1. The molecule has 0 aliphatic heterocycles. The van der Waals surface area contributed by atoms with Crippen LogP contribution in [-0.4, -0.2) is 25.7 Å². The minimum Gasteiger partial charge on any atom is -0.494 e. The van der Waals surface area contributed by atoms with Crippen LogP contribution in [0.2, 0.25) is 0 Å². The van der Waals surface area contributed by atoms with E-state index in [2.05, 4.69) is 5.32 Å². The molecule has 0 aliphatic carbocycles. The topological polar surface area (TPSA) is 73.6 Å². The highest BCUT2D eigenvalue weighted by atomic mass is 16.5. The number of carbonyl (C=O) groups is 1. The van der Waals surface area contributed by atoms with Crippen LogP contribution < -0.4 is 15.8 Å². The fraction of sp³-hybridized carbons (Fsp3) is 0.462. The monoisotopic (exact) mass is 252 g/mol. The van der Waals surface area contributed by atoms with Crippen molar-refractivity contribution in [3.8, 4) is 5.75 Å². The van der Waals surface area contributed by atoms with E-state index < -0.39 is 0 Å². The second-order valence-corrected chi connectivity index (χ2v) is 4.18. The zero-order valence-electron chi connectivity index (χ0n) is 11.0. The molecule has 0 bridgehead atoms. The van der Waals surface area contributed by atoms with Crippen LogP contribution in [0.1, 0.15) is 20.3 Å². The molecule has 1 aromatic rings. The number of nitrogens with two attached hydrogens (primary N) is 1. The van der Waals surface area contributed by atoms with Crippen LogP contribution in [0.15, 0.2) is 18.2 Å². The maximum absolute atomic E-state index is 11.7. The van der Waals surface area contributed by atoms with Crippen LogP contribution in [0.3, 0.4) is 0 Å². The Morgan fingerprint density at radius 3 is 2.78 bits per heavy atom. The summed E-state index contributed by atoms with van der Waals surface area (Å²) in [6.45, 7) is 4.27. The first-order valence-electron chi connectivity index (χ1n) is 5.88. The highest BCUT2D eigenvalue weighted by molar-refractivity contribution is 5.92. The van der Waals surface area contributed by atoms with Gasteiger partial charge in [-0.1, -0.05) is 0 Å². The third-order valence-electron chi connectivity index (χ3n) is 2.28. The number of nitrogen functional groups attached to an aromatic ring is 1. The minimum atomic E-state index is -0.112. The number of carbonyl (C=O) groups excluding carboxylic acids is 1. The second kappa shape index (κ2) is 6.86. The predicted octanol–water partition coefficient (Wildman–Crippen LogP) is 2.03. The van der Waals surface area contributed by atoms with E-state index in [0.29, 0.717) is 30.2 Å². The Labute approximate surface area is 107 Å². The van der Waals surface area contributed by atoms with E-state index in [1.807, 2.05) is 13.8 Å². The molecule has 0 atom stereocenters. The summed E-state index contributed by atoms with van der Waals surface area (Å²) >= 11 is 0. The number of nitrogens with one attached hydrogen (secondary N) is 1. The van der Waals surface area contributed by atoms with Crippen LogP contribution in [0.25, 0.3) is 0 Å².